The molecular formula is C18H12ClFN2O3. The molecule has 2 aromatic carbocycles. The van der Waals surface area contributed by atoms with Crippen molar-refractivity contribution in [2.45, 2.75) is 0 Å². The van der Waals surface area contributed by atoms with Crippen LogP contribution in [0.3, 0.4) is 0 Å². The molecule has 7 heteroatoms. The highest BCUT2D eigenvalue weighted by Gasteiger charge is 2.16. The number of halogens is 2. The van der Waals surface area contributed by atoms with Crippen LogP contribution in [0.25, 0.3) is 11.3 Å². The third-order valence-corrected chi connectivity index (χ3v) is 3.59. The summed E-state index contributed by atoms with van der Waals surface area (Å²) in [6, 6.07) is 13.6. The normalized spacial score (nSPS) is 10.4. The molecule has 1 aromatic heterocycles. The molecule has 3 rings (SSSR count). The molecule has 0 radical (unpaired) electrons. The van der Waals surface area contributed by atoms with Gasteiger partial charge in [-0.1, -0.05) is 11.6 Å². The third kappa shape index (κ3) is 3.92. The van der Waals surface area contributed by atoms with E-state index in [1.165, 1.54) is 31.4 Å². The number of nitrogens with zero attached hydrogens (tertiary/aromatic N) is 2. The topological polar surface area (TPSA) is 61.3 Å². The summed E-state index contributed by atoms with van der Waals surface area (Å²) in [6.45, 7) is 0. The van der Waals surface area contributed by atoms with Gasteiger partial charge in [-0.05, 0) is 48.5 Å². The molecule has 25 heavy (non-hydrogen) atoms. The average molecular weight is 359 g/mol. The number of hydrogen-bond acceptors (Lipinski definition) is 5. The van der Waals surface area contributed by atoms with E-state index in [0.717, 1.165) is 0 Å². The fourth-order valence-corrected chi connectivity index (χ4v) is 2.31. The first-order chi connectivity index (χ1) is 12.1. The number of carbonyl (C=O) groups excluding carboxylic acids is 1. The standard InChI is InChI=1S/C18H12ClFN2O3/c1-24-16-8-4-12(19)10-14(16)18(23)25-17-9-7-15(21-22-17)11-2-5-13(20)6-3-11/h2-10H,1H3. The first-order valence-electron chi connectivity index (χ1n) is 7.22. The SMILES string of the molecule is COc1ccc(Cl)cc1C(=O)Oc1ccc(-c2ccc(F)cc2)nn1. The van der Waals surface area contributed by atoms with Gasteiger partial charge < -0.3 is 9.47 Å². The number of benzene rings is 2. The molecule has 3 aromatic rings. The predicted molar refractivity (Wildman–Crippen MR) is 90.4 cm³/mol. The van der Waals surface area contributed by atoms with E-state index in [9.17, 15) is 9.18 Å². The molecule has 0 unspecified atom stereocenters. The van der Waals surface area contributed by atoms with Gasteiger partial charge in [0.15, 0.2) is 0 Å². The number of hydrogen-bond donors (Lipinski definition) is 0. The molecular weight excluding hydrogens is 347 g/mol. The van der Waals surface area contributed by atoms with Crippen LogP contribution in [0.5, 0.6) is 11.6 Å². The minimum absolute atomic E-state index is 0.0258. The molecule has 0 N–H and O–H groups in total. The van der Waals surface area contributed by atoms with Gasteiger partial charge in [0.25, 0.3) is 0 Å². The van der Waals surface area contributed by atoms with Gasteiger partial charge in [-0.2, -0.15) is 0 Å². The van der Waals surface area contributed by atoms with E-state index in [1.807, 2.05) is 0 Å². The summed E-state index contributed by atoms with van der Waals surface area (Å²) in [6.07, 6.45) is 0. The Morgan fingerprint density at radius 2 is 1.80 bits per heavy atom. The van der Waals surface area contributed by atoms with E-state index in [-0.39, 0.29) is 17.3 Å². The van der Waals surface area contributed by atoms with E-state index < -0.39 is 5.97 Å². The van der Waals surface area contributed by atoms with Crippen molar-refractivity contribution >= 4 is 17.6 Å². The Labute approximate surface area is 148 Å². The third-order valence-electron chi connectivity index (χ3n) is 3.36. The van der Waals surface area contributed by atoms with Crippen molar-refractivity contribution in [2.24, 2.45) is 0 Å². The largest absolute Gasteiger partial charge is 0.496 e. The van der Waals surface area contributed by atoms with Gasteiger partial charge in [0.05, 0.1) is 12.8 Å². The molecule has 0 spiro atoms. The fourth-order valence-electron chi connectivity index (χ4n) is 2.14. The lowest BCUT2D eigenvalue weighted by Crippen LogP contribution is -2.11. The number of esters is 1. The maximum atomic E-state index is 12.9. The lowest BCUT2D eigenvalue weighted by atomic mass is 10.1. The minimum atomic E-state index is -0.664. The second-order valence-electron chi connectivity index (χ2n) is 5.00. The molecule has 5 nitrogen and oxygen atoms in total. The van der Waals surface area contributed by atoms with Crippen LogP contribution in [-0.2, 0) is 0 Å². The summed E-state index contributed by atoms with van der Waals surface area (Å²) >= 11 is 5.90. The number of carbonyl (C=O) groups is 1. The van der Waals surface area contributed by atoms with Crippen molar-refractivity contribution in [1.29, 1.82) is 0 Å². The van der Waals surface area contributed by atoms with Gasteiger partial charge in [0.1, 0.15) is 17.1 Å². The molecule has 0 bridgehead atoms. The zero-order valence-corrected chi connectivity index (χ0v) is 13.8. The minimum Gasteiger partial charge on any atom is -0.496 e. The molecule has 126 valence electrons. The first-order valence-corrected chi connectivity index (χ1v) is 7.60. The van der Waals surface area contributed by atoms with Gasteiger partial charge in [-0.25, -0.2) is 9.18 Å². The van der Waals surface area contributed by atoms with Crippen molar-refractivity contribution in [3.63, 3.8) is 0 Å². The van der Waals surface area contributed by atoms with Crippen LogP contribution in [0.15, 0.2) is 54.6 Å². The zero-order chi connectivity index (χ0) is 17.8. The Bertz CT molecular complexity index is 899. The Morgan fingerprint density at radius 1 is 1.04 bits per heavy atom. The van der Waals surface area contributed by atoms with Gasteiger partial charge in [0, 0.05) is 16.7 Å². The Morgan fingerprint density at radius 3 is 2.44 bits per heavy atom. The smallest absolute Gasteiger partial charge is 0.348 e. The summed E-state index contributed by atoms with van der Waals surface area (Å²) < 4.78 is 23.3. The number of ether oxygens (including phenoxy) is 2. The lowest BCUT2D eigenvalue weighted by molar-refractivity contribution is 0.0722. The van der Waals surface area contributed by atoms with Crippen molar-refractivity contribution in [3.8, 4) is 22.9 Å². The highest BCUT2D eigenvalue weighted by molar-refractivity contribution is 6.31. The monoisotopic (exact) mass is 358 g/mol. The van der Waals surface area contributed by atoms with Crippen LogP contribution in [-0.4, -0.2) is 23.3 Å². The maximum absolute atomic E-state index is 12.9. The number of rotatable bonds is 4. The van der Waals surface area contributed by atoms with Gasteiger partial charge in [-0.3, -0.25) is 0 Å². The Kier molecular flexibility index (Phi) is 4.90. The highest BCUT2D eigenvalue weighted by Crippen LogP contribution is 2.24. The van der Waals surface area contributed by atoms with Crippen LogP contribution in [0, 0.1) is 5.82 Å². The molecule has 0 amide bonds. The van der Waals surface area contributed by atoms with Crippen LogP contribution >= 0.6 is 11.6 Å². The highest BCUT2D eigenvalue weighted by atomic mass is 35.5. The second kappa shape index (κ2) is 7.27. The quantitative estimate of drug-likeness (QED) is 0.655. The molecule has 0 saturated carbocycles. The molecule has 0 atom stereocenters. The van der Waals surface area contributed by atoms with E-state index in [0.29, 0.717) is 22.0 Å². The second-order valence-corrected chi connectivity index (χ2v) is 5.43. The van der Waals surface area contributed by atoms with Crippen LogP contribution < -0.4 is 9.47 Å². The fraction of sp³-hybridized carbons (Fsp3) is 0.0556. The first kappa shape index (κ1) is 16.9. The number of aromatic nitrogens is 2. The van der Waals surface area contributed by atoms with E-state index in [2.05, 4.69) is 10.2 Å². The molecule has 0 aliphatic heterocycles. The van der Waals surface area contributed by atoms with E-state index in [4.69, 9.17) is 21.1 Å². The van der Waals surface area contributed by atoms with Crippen molar-refractivity contribution in [1.82, 2.24) is 10.2 Å². The summed E-state index contributed by atoms with van der Waals surface area (Å²) in [7, 11) is 1.44. The molecule has 1 heterocycles. The van der Waals surface area contributed by atoms with E-state index >= 15 is 0 Å². The zero-order valence-electron chi connectivity index (χ0n) is 13.1. The molecule has 0 saturated heterocycles. The van der Waals surface area contributed by atoms with Gasteiger partial charge >= 0.3 is 5.97 Å². The van der Waals surface area contributed by atoms with Crippen LogP contribution in [0.4, 0.5) is 4.39 Å². The Hall–Kier alpha value is -2.99. The summed E-state index contributed by atoms with van der Waals surface area (Å²) in [5, 5.41) is 8.22. The molecule has 0 aliphatic rings. The average Bonchev–Trinajstić information content (AvgIpc) is 2.63. The van der Waals surface area contributed by atoms with Gasteiger partial charge in [-0.15, -0.1) is 10.2 Å². The predicted octanol–water partition coefficient (Wildman–Crippen LogP) is 4.16. The van der Waals surface area contributed by atoms with Gasteiger partial charge in [0.2, 0.25) is 5.88 Å². The summed E-state index contributed by atoms with van der Waals surface area (Å²) in [5.74, 6) is -0.635. The van der Waals surface area contributed by atoms with Crippen LogP contribution in [0.2, 0.25) is 5.02 Å². The maximum Gasteiger partial charge on any atom is 0.348 e. The van der Waals surface area contributed by atoms with Crippen molar-refractivity contribution < 1.29 is 18.7 Å². The molecule has 0 fully saturated rings. The van der Waals surface area contributed by atoms with Crippen molar-refractivity contribution in [2.75, 3.05) is 7.11 Å². The number of methoxy groups -OCH3 is 1. The summed E-state index contributed by atoms with van der Waals surface area (Å²) in [5.41, 5.74) is 1.41. The lowest BCUT2D eigenvalue weighted by Gasteiger charge is -2.08. The van der Waals surface area contributed by atoms with E-state index in [1.54, 1.807) is 30.3 Å². The Balaban J connectivity index is 1.78. The van der Waals surface area contributed by atoms with Crippen LogP contribution in [0.1, 0.15) is 10.4 Å². The molecule has 0 aliphatic carbocycles. The summed E-state index contributed by atoms with van der Waals surface area (Å²) in [4.78, 5) is 12.3. The van der Waals surface area contributed by atoms with Crippen molar-refractivity contribution in [3.05, 3.63) is 71.0 Å².